The SMILES string of the molecule is COCCN1CCCC1CNC(=O)CC1CSCCN1. The van der Waals surface area contributed by atoms with E-state index in [4.69, 9.17) is 4.74 Å². The smallest absolute Gasteiger partial charge is 0.221 e. The van der Waals surface area contributed by atoms with E-state index in [2.05, 4.69) is 15.5 Å². The maximum atomic E-state index is 12.0. The van der Waals surface area contributed by atoms with Crippen molar-refractivity contribution in [2.24, 2.45) is 0 Å². The van der Waals surface area contributed by atoms with E-state index in [9.17, 15) is 4.79 Å². The average Bonchev–Trinajstić information content (AvgIpc) is 2.91. The van der Waals surface area contributed by atoms with E-state index in [1.807, 2.05) is 11.8 Å². The Hall–Kier alpha value is -0.300. The minimum atomic E-state index is 0.184. The Balaban J connectivity index is 1.64. The Labute approximate surface area is 126 Å². The highest BCUT2D eigenvalue weighted by Crippen LogP contribution is 2.16. The van der Waals surface area contributed by atoms with Crippen molar-refractivity contribution in [2.45, 2.75) is 31.3 Å². The number of ether oxygens (including phenoxy) is 1. The second kappa shape index (κ2) is 8.87. The number of thioether (sulfide) groups is 1. The van der Waals surface area contributed by atoms with Crippen molar-refractivity contribution in [3.8, 4) is 0 Å². The minimum Gasteiger partial charge on any atom is -0.383 e. The molecule has 0 aromatic heterocycles. The predicted octanol–water partition coefficient (Wildman–Crippen LogP) is 0.309. The van der Waals surface area contributed by atoms with Crippen molar-refractivity contribution >= 4 is 17.7 Å². The summed E-state index contributed by atoms with van der Waals surface area (Å²) in [7, 11) is 1.74. The molecule has 5 nitrogen and oxygen atoms in total. The summed E-state index contributed by atoms with van der Waals surface area (Å²) in [4.78, 5) is 14.4. The van der Waals surface area contributed by atoms with E-state index in [1.54, 1.807) is 7.11 Å². The molecule has 0 saturated carbocycles. The Bertz CT molecular complexity index is 298. The summed E-state index contributed by atoms with van der Waals surface area (Å²) in [5, 5.41) is 6.51. The first-order chi connectivity index (χ1) is 9.79. The minimum absolute atomic E-state index is 0.184. The lowest BCUT2D eigenvalue weighted by molar-refractivity contribution is -0.121. The number of nitrogens with one attached hydrogen (secondary N) is 2. The molecule has 1 amide bonds. The average molecular weight is 301 g/mol. The van der Waals surface area contributed by atoms with Gasteiger partial charge in [0.05, 0.1) is 6.61 Å². The first-order valence-electron chi connectivity index (χ1n) is 7.60. The summed E-state index contributed by atoms with van der Waals surface area (Å²) in [5.74, 6) is 2.40. The lowest BCUT2D eigenvalue weighted by Gasteiger charge is -2.25. The molecule has 0 aliphatic carbocycles. The van der Waals surface area contributed by atoms with Crippen molar-refractivity contribution in [2.75, 3.05) is 51.4 Å². The van der Waals surface area contributed by atoms with Crippen molar-refractivity contribution in [3.05, 3.63) is 0 Å². The van der Waals surface area contributed by atoms with E-state index in [0.29, 0.717) is 18.5 Å². The number of nitrogens with zero attached hydrogens (tertiary/aromatic N) is 1. The topological polar surface area (TPSA) is 53.6 Å². The van der Waals surface area contributed by atoms with Crippen molar-refractivity contribution < 1.29 is 9.53 Å². The monoisotopic (exact) mass is 301 g/mol. The van der Waals surface area contributed by atoms with Crippen LogP contribution in [0, 0.1) is 0 Å². The van der Waals surface area contributed by atoms with Gasteiger partial charge in [0.15, 0.2) is 0 Å². The van der Waals surface area contributed by atoms with Gasteiger partial charge in [-0.05, 0) is 19.4 Å². The largest absolute Gasteiger partial charge is 0.383 e. The van der Waals surface area contributed by atoms with Crippen LogP contribution in [-0.4, -0.2) is 74.3 Å². The number of hydrogen-bond donors (Lipinski definition) is 2. The van der Waals surface area contributed by atoms with Gasteiger partial charge in [0.2, 0.25) is 5.91 Å². The number of rotatable bonds is 7. The molecule has 2 atom stereocenters. The van der Waals surface area contributed by atoms with Gasteiger partial charge in [0.25, 0.3) is 0 Å². The van der Waals surface area contributed by atoms with Gasteiger partial charge < -0.3 is 15.4 Å². The normalized spacial score (nSPS) is 27.6. The van der Waals surface area contributed by atoms with E-state index in [0.717, 1.165) is 44.3 Å². The summed E-state index contributed by atoms with van der Waals surface area (Å²) < 4.78 is 5.14. The van der Waals surface area contributed by atoms with Gasteiger partial charge in [0, 0.05) is 56.8 Å². The number of hydrogen-bond acceptors (Lipinski definition) is 5. The number of amides is 1. The van der Waals surface area contributed by atoms with E-state index >= 15 is 0 Å². The molecule has 2 unspecified atom stereocenters. The highest BCUT2D eigenvalue weighted by atomic mass is 32.2. The molecule has 0 spiro atoms. The molecule has 116 valence electrons. The molecule has 0 radical (unpaired) electrons. The lowest BCUT2D eigenvalue weighted by Crippen LogP contribution is -2.44. The van der Waals surface area contributed by atoms with Crippen LogP contribution in [-0.2, 0) is 9.53 Å². The first kappa shape index (κ1) is 16.1. The van der Waals surface area contributed by atoms with Gasteiger partial charge in [-0.2, -0.15) is 11.8 Å². The third-order valence-corrected chi connectivity index (χ3v) is 5.18. The standard InChI is InChI=1S/C14H27N3O2S/c1-19-7-6-17-5-2-3-13(17)10-16-14(18)9-12-11-20-8-4-15-12/h12-13,15H,2-11H2,1H3,(H,16,18). The van der Waals surface area contributed by atoms with Crippen molar-refractivity contribution in [1.29, 1.82) is 0 Å². The Morgan fingerprint density at radius 2 is 2.45 bits per heavy atom. The van der Waals surface area contributed by atoms with Crippen molar-refractivity contribution in [3.63, 3.8) is 0 Å². The summed E-state index contributed by atoms with van der Waals surface area (Å²) in [6.45, 7) is 4.68. The van der Waals surface area contributed by atoms with Crippen LogP contribution in [0.4, 0.5) is 0 Å². The fourth-order valence-corrected chi connectivity index (χ4v) is 3.86. The van der Waals surface area contributed by atoms with E-state index < -0.39 is 0 Å². The zero-order valence-electron chi connectivity index (χ0n) is 12.4. The molecule has 2 heterocycles. The summed E-state index contributed by atoms with van der Waals surface area (Å²) in [6, 6.07) is 0.838. The number of methoxy groups -OCH3 is 1. The Morgan fingerprint density at radius 1 is 1.55 bits per heavy atom. The van der Waals surface area contributed by atoms with Gasteiger partial charge in [-0.1, -0.05) is 0 Å². The molecule has 2 rings (SSSR count). The van der Waals surface area contributed by atoms with Gasteiger partial charge in [-0.25, -0.2) is 0 Å². The van der Waals surface area contributed by atoms with Gasteiger partial charge in [0.1, 0.15) is 0 Å². The van der Waals surface area contributed by atoms with Crippen LogP contribution < -0.4 is 10.6 Å². The molecule has 2 aliphatic heterocycles. The molecule has 2 saturated heterocycles. The molecule has 20 heavy (non-hydrogen) atoms. The highest BCUT2D eigenvalue weighted by Gasteiger charge is 2.24. The van der Waals surface area contributed by atoms with Crippen LogP contribution in [0.15, 0.2) is 0 Å². The molecule has 2 N–H and O–H groups in total. The quantitative estimate of drug-likeness (QED) is 0.709. The van der Waals surface area contributed by atoms with Gasteiger partial charge in [-0.15, -0.1) is 0 Å². The van der Waals surface area contributed by atoms with Gasteiger partial charge in [-0.3, -0.25) is 9.69 Å². The fourth-order valence-electron chi connectivity index (χ4n) is 2.91. The summed E-state index contributed by atoms with van der Waals surface area (Å²) in [6.07, 6.45) is 3.02. The third-order valence-electron chi connectivity index (χ3n) is 4.05. The molecular formula is C14H27N3O2S. The summed E-state index contributed by atoms with van der Waals surface area (Å²) in [5.41, 5.74) is 0. The number of likely N-dealkylation sites (tertiary alicyclic amines) is 1. The van der Waals surface area contributed by atoms with E-state index in [-0.39, 0.29) is 5.91 Å². The van der Waals surface area contributed by atoms with Crippen LogP contribution in [0.3, 0.4) is 0 Å². The van der Waals surface area contributed by atoms with Crippen LogP contribution in [0.1, 0.15) is 19.3 Å². The molecule has 0 bridgehead atoms. The zero-order valence-corrected chi connectivity index (χ0v) is 13.2. The van der Waals surface area contributed by atoms with Crippen LogP contribution in [0.2, 0.25) is 0 Å². The van der Waals surface area contributed by atoms with Crippen LogP contribution >= 0.6 is 11.8 Å². The van der Waals surface area contributed by atoms with Crippen molar-refractivity contribution in [1.82, 2.24) is 15.5 Å². The van der Waals surface area contributed by atoms with Crippen LogP contribution in [0.25, 0.3) is 0 Å². The molecule has 0 aromatic rings. The van der Waals surface area contributed by atoms with Crippen LogP contribution in [0.5, 0.6) is 0 Å². The zero-order chi connectivity index (χ0) is 14.2. The molecule has 0 aromatic carbocycles. The fraction of sp³-hybridized carbons (Fsp3) is 0.929. The molecular weight excluding hydrogens is 274 g/mol. The Kier molecular flexibility index (Phi) is 7.13. The molecule has 6 heteroatoms. The maximum Gasteiger partial charge on any atom is 0.221 e. The molecule has 2 fully saturated rings. The predicted molar refractivity (Wildman–Crippen MR) is 83.2 cm³/mol. The number of carbonyl (C=O) groups is 1. The van der Waals surface area contributed by atoms with E-state index in [1.165, 1.54) is 12.8 Å². The second-order valence-electron chi connectivity index (χ2n) is 5.56. The number of carbonyl (C=O) groups excluding carboxylic acids is 1. The first-order valence-corrected chi connectivity index (χ1v) is 8.76. The lowest BCUT2D eigenvalue weighted by atomic mass is 10.2. The summed E-state index contributed by atoms with van der Waals surface area (Å²) >= 11 is 1.93. The molecule has 2 aliphatic rings. The highest BCUT2D eigenvalue weighted by molar-refractivity contribution is 7.99. The second-order valence-corrected chi connectivity index (χ2v) is 6.71. The Morgan fingerprint density at radius 3 is 3.20 bits per heavy atom. The van der Waals surface area contributed by atoms with Gasteiger partial charge >= 0.3 is 0 Å². The third kappa shape index (κ3) is 5.24. The maximum absolute atomic E-state index is 12.0.